The van der Waals surface area contributed by atoms with E-state index in [-0.39, 0.29) is 17.8 Å². The quantitative estimate of drug-likeness (QED) is 0.600. The number of nitrogens with two attached hydrogens (primary N) is 1. The molecule has 2 rings (SSSR count). The molecular formula is C11H15NO4. The summed E-state index contributed by atoms with van der Waals surface area (Å²) >= 11 is 0. The van der Waals surface area contributed by atoms with Gasteiger partial charge in [0, 0.05) is 0 Å². The van der Waals surface area contributed by atoms with Gasteiger partial charge in [-0.25, -0.2) is 0 Å². The van der Waals surface area contributed by atoms with Crippen LogP contribution < -0.4 is 5.73 Å². The molecular weight excluding hydrogens is 210 g/mol. The van der Waals surface area contributed by atoms with E-state index in [1.807, 2.05) is 0 Å². The van der Waals surface area contributed by atoms with Crippen molar-refractivity contribution in [1.29, 1.82) is 0 Å². The van der Waals surface area contributed by atoms with E-state index in [0.29, 0.717) is 12.8 Å². The number of hydrogen-bond acceptors (Lipinski definition) is 3. The highest BCUT2D eigenvalue weighted by Gasteiger charge is 2.66. The van der Waals surface area contributed by atoms with E-state index in [0.717, 1.165) is 0 Å². The minimum Gasteiger partial charge on any atom is -0.481 e. The van der Waals surface area contributed by atoms with E-state index in [1.54, 1.807) is 6.08 Å². The number of allylic oxidation sites excluding steroid dienone is 1. The van der Waals surface area contributed by atoms with Crippen molar-refractivity contribution in [1.82, 2.24) is 0 Å². The molecule has 0 spiro atoms. The minimum atomic E-state index is -1.63. The monoisotopic (exact) mass is 225 g/mol. The first-order valence-electron chi connectivity index (χ1n) is 5.30. The second kappa shape index (κ2) is 3.31. The first kappa shape index (κ1) is 11.1. The molecule has 4 N–H and O–H groups in total. The van der Waals surface area contributed by atoms with Crippen LogP contribution in [0.1, 0.15) is 12.8 Å². The van der Waals surface area contributed by atoms with Gasteiger partial charge in [0.05, 0.1) is 5.92 Å². The van der Waals surface area contributed by atoms with Gasteiger partial charge in [0.2, 0.25) is 0 Å². The van der Waals surface area contributed by atoms with Crippen molar-refractivity contribution in [3.05, 3.63) is 12.7 Å². The highest BCUT2D eigenvalue weighted by atomic mass is 16.4. The van der Waals surface area contributed by atoms with Gasteiger partial charge in [0.25, 0.3) is 0 Å². The van der Waals surface area contributed by atoms with Crippen LogP contribution in [-0.4, -0.2) is 27.7 Å². The summed E-state index contributed by atoms with van der Waals surface area (Å²) < 4.78 is 0. The third-order valence-electron chi connectivity index (χ3n) is 4.19. The number of carboxylic acid groups (broad SMARTS) is 2. The molecule has 2 bridgehead atoms. The van der Waals surface area contributed by atoms with Crippen LogP contribution in [0.4, 0.5) is 0 Å². The summed E-state index contributed by atoms with van der Waals surface area (Å²) in [6, 6.07) is 0. The van der Waals surface area contributed by atoms with Crippen molar-refractivity contribution >= 4 is 11.9 Å². The molecule has 2 aliphatic carbocycles. The largest absolute Gasteiger partial charge is 0.481 e. The molecule has 0 amide bonds. The lowest BCUT2D eigenvalue weighted by atomic mass is 9.69. The molecule has 0 aromatic rings. The summed E-state index contributed by atoms with van der Waals surface area (Å²) in [4.78, 5) is 22.4. The van der Waals surface area contributed by atoms with Gasteiger partial charge < -0.3 is 15.9 Å². The number of carbonyl (C=O) groups is 2. The molecule has 0 saturated heterocycles. The van der Waals surface area contributed by atoms with Gasteiger partial charge >= 0.3 is 11.9 Å². The number of hydrogen-bond donors (Lipinski definition) is 3. The third kappa shape index (κ3) is 1.15. The zero-order valence-electron chi connectivity index (χ0n) is 8.80. The minimum absolute atomic E-state index is 0.0294. The van der Waals surface area contributed by atoms with Crippen molar-refractivity contribution < 1.29 is 19.8 Å². The third-order valence-corrected chi connectivity index (χ3v) is 4.19. The van der Waals surface area contributed by atoms with Crippen molar-refractivity contribution in [3.8, 4) is 0 Å². The van der Waals surface area contributed by atoms with Crippen molar-refractivity contribution in [2.24, 2.45) is 29.4 Å². The molecule has 16 heavy (non-hydrogen) atoms. The molecule has 0 heterocycles. The molecule has 2 fully saturated rings. The average Bonchev–Trinajstić information content (AvgIpc) is 2.72. The van der Waals surface area contributed by atoms with Crippen molar-refractivity contribution in [2.45, 2.75) is 18.4 Å². The van der Waals surface area contributed by atoms with E-state index in [9.17, 15) is 14.7 Å². The van der Waals surface area contributed by atoms with Gasteiger partial charge in [-0.2, -0.15) is 0 Å². The molecule has 2 aliphatic rings. The normalized spacial score (nSPS) is 45.6. The first-order chi connectivity index (χ1) is 7.42. The van der Waals surface area contributed by atoms with Gasteiger partial charge in [0.1, 0.15) is 5.54 Å². The molecule has 0 aliphatic heterocycles. The molecule has 88 valence electrons. The molecule has 5 heteroatoms. The highest BCUT2D eigenvalue weighted by Crippen LogP contribution is 2.56. The second-order valence-corrected chi connectivity index (χ2v) is 4.79. The second-order valence-electron chi connectivity index (χ2n) is 4.79. The molecule has 5 nitrogen and oxygen atoms in total. The summed E-state index contributed by atoms with van der Waals surface area (Å²) in [7, 11) is 0. The molecule has 0 aromatic carbocycles. The zero-order chi connectivity index (χ0) is 12.1. The van der Waals surface area contributed by atoms with Crippen LogP contribution in [0.25, 0.3) is 0 Å². The lowest BCUT2D eigenvalue weighted by Crippen LogP contribution is -2.61. The summed E-state index contributed by atoms with van der Waals surface area (Å²) in [5.41, 5.74) is 4.24. The van der Waals surface area contributed by atoms with Gasteiger partial charge in [-0.1, -0.05) is 6.08 Å². The average molecular weight is 225 g/mol. The molecule has 0 aromatic heterocycles. The summed E-state index contributed by atoms with van der Waals surface area (Å²) in [6.45, 7) is 3.66. The Balaban J connectivity index is 2.42. The number of fused-ring (bicyclic) bond motifs is 2. The predicted molar refractivity (Wildman–Crippen MR) is 55.6 cm³/mol. The number of carboxylic acids is 2. The maximum Gasteiger partial charge on any atom is 0.324 e. The summed E-state index contributed by atoms with van der Waals surface area (Å²) in [5, 5.41) is 18.3. The molecule has 2 saturated carbocycles. The van der Waals surface area contributed by atoms with Crippen molar-refractivity contribution in [2.75, 3.05) is 0 Å². The van der Waals surface area contributed by atoms with Crippen LogP contribution in [0.15, 0.2) is 12.7 Å². The number of aliphatic carboxylic acids is 2. The topological polar surface area (TPSA) is 101 Å². The van der Waals surface area contributed by atoms with E-state index >= 15 is 0 Å². The SMILES string of the molecule is C=C[C@@H]1C[C@@H]2C[C@H]1[C@](N)(C(=O)O)[C@H]2C(=O)O. The maximum atomic E-state index is 11.3. The Morgan fingerprint density at radius 2 is 2.00 bits per heavy atom. The number of rotatable bonds is 3. The highest BCUT2D eigenvalue weighted by molar-refractivity contribution is 5.88. The van der Waals surface area contributed by atoms with Gasteiger partial charge in [0.15, 0.2) is 0 Å². The summed E-state index contributed by atoms with van der Waals surface area (Å²) in [6.07, 6.45) is 2.97. The van der Waals surface area contributed by atoms with Crippen molar-refractivity contribution in [3.63, 3.8) is 0 Å². The fourth-order valence-electron chi connectivity index (χ4n) is 3.51. The maximum absolute atomic E-state index is 11.3. The summed E-state index contributed by atoms with van der Waals surface area (Å²) in [5.74, 6) is -3.67. The van der Waals surface area contributed by atoms with E-state index in [4.69, 9.17) is 10.8 Å². The molecule has 0 unspecified atom stereocenters. The Kier molecular flexibility index (Phi) is 2.31. The van der Waals surface area contributed by atoms with Crippen LogP contribution >= 0.6 is 0 Å². The standard InChI is InChI=1S/C11H15NO4/c1-2-5-3-6-4-7(5)11(12,10(15)16)8(6)9(13)14/h2,5-8H,1,3-4,12H2,(H,13,14)(H,15,16)/t5-,6-,7-,8-,11-/m1/s1. The zero-order valence-corrected chi connectivity index (χ0v) is 8.80. The van der Waals surface area contributed by atoms with E-state index < -0.39 is 23.4 Å². The fraction of sp³-hybridized carbons (Fsp3) is 0.636. The van der Waals surface area contributed by atoms with Crippen LogP contribution in [-0.2, 0) is 9.59 Å². The first-order valence-corrected chi connectivity index (χ1v) is 5.30. The lowest BCUT2D eigenvalue weighted by molar-refractivity contribution is -0.159. The van der Waals surface area contributed by atoms with Gasteiger partial charge in [-0.05, 0) is 30.6 Å². The van der Waals surface area contributed by atoms with Crippen LogP contribution in [0.3, 0.4) is 0 Å². The van der Waals surface area contributed by atoms with Gasteiger partial charge in [-0.15, -0.1) is 6.58 Å². The van der Waals surface area contributed by atoms with Crippen LogP contribution in [0, 0.1) is 23.7 Å². The smallest absolute Gasteiger partial charge is 0.324 e. The van der Waals surface area contributed by atoms with Gasteiger partial charge in [-0.3, -0.25) is 9.59 Å². The van der Waals surface area contributed by atoms with Crippen LogP contribution in [0.2, 0.25) is 0 Å². The Bertz CT molecular complexity index is 367. The lowest BCUT2D eigenvalue weighted by Gasteiger charge is -2.38. The Hall–Kier alpha value is -1.36. The van der Waals surface area contributed by atoms with E-state index in [2.05, 4.69) is 6.58 Å². The Labute approximate surface area is 92.9 Å². The Morgan fingerprint density at radius 1 is 1.38 bits per heavy atom. The van der Waals surface area contributed by atoms with Crippen LogP contribution in [0.5, 0.6) is 0 Å². The Morgan fingerprint density at radius 3 is 2.44 bits per heavy atom. The van der Waals surface area contributed by atoms with E-state index in [1.165, 1.54) is 0 Å². The molecule has 5 atom stereocenters. The fourth-order valence-corrected chi connectivity index (χ4v) is 3.51. The molecule has 0 radical (unpaired) electrons. The predicted octanol–water partition coefficient (Wildman–Crippen LogP) is 0.311.